The number of hydrogen-bond donors (Lipinski definition) is 1. The summed E-state index contributed by atoms with van der Waals surface area (Å²) in [7, 11) is 3.79. The van der Waals surface area contributed by atoms with Crippen molar-refractivity contribution >= 4 is 29.1 Å². The van der Waals surface area contributed by atoms with E-state index in [0.29, 0.717) is 22.7 Å². The monoisotopic (exact) mass is 409 g/mol. The van der Waals surface area contributed by atoms with E-state index in [1.54, 1.807) is 0 Å². The van der Waals surface area contributed by atoms with Gasteiger partial charge in [0.05, 0.1) is 12.2 Å². The molecule has 8 nitrogen and oxygen atoms in total. The second kappa shape index (κ2) is 8.52. The smallest absolute Gasteiger partial charge is 0.280 e. The van der Waals surface area contributed by atoms with Crippen LogP contribution in [-0.2, 0) is 6.54 Å². The molecule has 1 aromatic carbocycles. The van der Waals surface area contributed by atoms with E-state index >= 15 is 0 Å². The molecule has 0 unspecified atom stereocenters. The molecular weight excluding hydrogens is 386 g/mol. The first kappa shape index (κ1) is 19.3. The van der Waals surface area contributed by atoms with E-state index in [1.807, 2.05) is 54.7 Å². The third kappa shape index (κ3) is 4.51. The van der Waals surface area contributed by atoms with Crippen LogP contribution in [0.2, 0.25) is 0 Å². The number of nitrogens with one attached hydrogen (secondary N) is 1. The summed E-state index contributed by atoms with van der Waals surface area (Å²) in [4.78, 5) is 34.6. The number of hydrogen-bond acceptors (Lipinski definition) is 8. The first-order valence-corrected chi connectivity index (χ1v) is 10.4. The molecule has 4 rings (SSSR count). The van der Waals surface area contributed by atoms with Crippen LogP contribution in [0.1, 0.15) is 28.5 Å². The zero-order chi connectivity index (χ0) is 20.2. The molecule has 2 aromatic heterocycles. The maximum Gasteiger partial charge on any atom is 0.280 e. The Morgan fingerprint density at radius 1 is 1.10 bits per heavy atom. The van der Waals surface area contributed by atoms with Crippen LogP contribution in [0.25, 0.3) is 11.3 Å². The Kier molecular flexibility index (Phi) is 5.66. The van der Waals surface area contributed by atoms with E-state index in [-0.39, 0.29) is 12.5 Å². The standard InChI is InChI=1S/C20H23N7OS/c1-26(2)19-23-16(24-20(25-19)27-10-6-7-11-27)12-21-17(28)18-22-15(13-29-18)14-8-4-3-5-9-14/h3-5,8-9,13H,6-7,10-12H2,1-2H3,(H,21,28). The minimum atomic E-state index is -0.230. The fourth-order valence-electron chi connectivity index (χ4n) is 3.09. The van der Waals surface area contributed by atoms with Crippen molar-refractivity contribution in [3.63, 3.8) is 0 Å². The zero-order valence-electron chi connectivity index (χ0n) is 16.5. The molecule has 0 bridgehead atoms. The minimum absolute atomic E-state index is 0.225. The third-order valence-corrected chi connectivity index (χ3v) is 5.46. The lowest BCUT2D eigenvalue weighted by Crippen LogP contribution is -2.27. The predicted molar refractivity (Wildman–Crippen MR) is 114 cm³/mol. The quantitative estimate of drug-likeness (QED) is 0.669. The van der Waals surface area contributed by atoms with E-state index < -0.39 is 0 Å². The topological polar surface area (TPSA) is 87.1 Å². The zero-order valence-corrected chi connectivity index (χ0v) is 17.3. The molecule has 1 aliphatic rings. The second-order valence-corrected chi connectivity index (χ2v) is 7.88. The number of amides is 1. The highest BCUT2D eigenvalue weighted by molar-refractivity contribution is 7.12. The normalized spacial score (nSPS) is 13.5. The molecule has 0 atom stereocenters. The van der Waals surface area contributed by atoms with Gasteiger partial charge in [0, 0.05) is 38.1 Å². The molecule has 0 aliphatic carbocycles. The van der Waals surface area contributed by atoms with Gasteiger partial charge in [-0.3, -0.25) is 4.79 Å². The number of carbonyl (C=O) groups excluding carboxylic acids is 1. The number of aromatic nitrogens is 4. The SMILES string of the molecule is CN(C)c1nc(CNC(=O)c2nc(-c3ccccc3)cs2)nc(N2CCCC2)n1. The maximum atomic E-state index is 12.6. The lowest BCUT2D eigenvalue weighted by molar-refractivity contribution is 0.0949. The van der Waals surface area contributed by atoms with Crippen molar-refractivity contribution in [3.05, 3.63) is 46.5 Å². The van der Waals surface area contributed by atoms with E-state index in [9.17, 15) is 4.79 Å². The van der Waals surface area contributed by atoms with Gasteiger partial charge in [0.1, 0.15) is 0 Å². The summed E-state index contributed by atoms with van der Waals surface area (Å²) >= 11 is 1.33. The molecule has 1 saturated heterocycles. The van der Waals surface area contributed by atoms with Gasteiger partial charge in [0.25, 0.3) is 5.91 Å². The van der Waals surface area contributed by atoms with Crippen LogP contribution in [0.3, 0.4) is 0 Å². The van der Waals surface area contributed by atoms with Gasteiger partial charge in [-0.2, -0.15) is 15.0 Å². The third-order valence-electron chi connectivity index (χ3n) is 4.62. The molecule has 150 valence electrons. The summed E-state index contributed by atoms with van der Waals surface area (Å²) < 4.78 is 0. The Bertz CT molecular complexity index is 984. The highest BCUT2D eigenvalue weighted by Crippen LogP contribution is 2.22. The summed E-state index contributed by atoms with van der Waals surface area (Å²) in [6, 6.07) is 9.82. The molecule has 3 aromatic rings. The summed E-state index contributed by atoms with van der Waals surface area (Å²) in [6.45, 7) is 2.12. The van der Waals surface area contributed by atoms with Gasteiger partial charge in [0.15, 0.2) is 10.8 Å². The summed E-state index contributed by atoms with van der Waals surface area (Å²) in [6.07, 6.45) is 2.28. The first-order valence-electron chi connectivity index (χ1n) is 9.56. The van der Waals surface area contributed by atoms with Crippen molar-refractivity contribution in [2.45, 2.75) is 19.4 Å². The van der Waals surface area contributed by atoms with Gasteiger partial charge < -0.3 is 15.1 Å². The predicted octanol–water partition coefficient (Wildman–Crippen LogP) is 2.59. The number of rotatable bonds is 6. The Balaban J connectivity index is 1.47. The fourth-order valence-corrected chi connectivity index (χ4v) is 3.83. The van der Waals surface area contributed by atoms with Crippen molar-refractivity contribution in [2.75, 3.05) is 37.0 Å². The lowest BCUT2D eigenvalue weighted by atomic mass is 10.2. The van der Waals surface area contributed by atoms with Crippen LogP contribution >= 0.6 is 11.3 Å². The van der Waals surface area contributed by atoms with Crippen molar-refractivity contribution < 1.29 is 4.79 Å². The molecule has 1 fully saturated rings. The van der Waals surface area contributed by atoms with Crippen LogP contribution < -0.4 is 15.1 Å². The molecule has 0 saturated carbocycles. The van der Waals surface area contributed by atoms with Gasteiger partial charge in [0.2, 0.25) is 11.9 Å². The molecule has 3 heterocycles. The molecule has 29 heavy (non-hydrogen) atoms. The number of thiazole rings is 1. The lowest BCUT2D eigenvalue weighted by Gasteiger charge is -2.18. The van der Waals surface area contributed by atoms with Crippen molar-refractivity contribution in [3.8, 4) is 11.3 Å². The molecule has 0 radical (unpaired) electrons. The molecule has 1 N–H and O–H groups in total. The first-order chi connectivity index (χ1) is 14.1. The summed E-state index contributed by atoms with van der Waals surface area (Å²) in [5.41, 5.74) is 1.79. The van der Waals surface area contributed by atoms with Crippen LogP contribution in [0.5, 0.6) is 0 Å². The molecule has 9 heteroatoms. The van der Waals surface area contributed by atoms with Crippen molar-refractivity contribution in [2.24, 2.45) is 0 Å². The van der Waals surface area contributed by atoms with E-state index in [4.69, 9.17) is 0 Å². The maximum absolute atomic E-state index is 12.6. The average molecular weight is 410 g/mol. The van der Waals surface area contributed by atoms with Crippen LogP contribution in [-0.4, -0.2) is 53.0 Å². The molecule has 1 amide bonds. The number of benzene rings is 1. The van der Waals surface area contributed by atoms with Gasteiger partial charge in [-0.05, 0) is 12.8 Å². The number of anilines is 2. The average Bonchev–Trinajstić information content (AvgIpc) is 3.45. The fraction of sp³-hybridized carbons (Fsp3) is 0.350. The second-order valence-electron chi connectivity index (χ2n) is 7.03. The molecular formula is C20H23N7OS. The van der Waals surface area contributed by atoms with Crippen LogP contribution in [0.4, 0.5) is 11.9 Å². The van der Waals surface area contributed by atoms with Gasteiger partial charge in [-0.25, -0.2) is 4.98 Å². The van der Waals surface area contributed by atoms with E-state index in [0.717, 1.165) is 37.2 Å². The largest absolute Gasteiger partial charge is 0.347 e. The van der Waals surface area contributed by atoms with Crippen molar-refractivity contribution in [1.82, 2.24) is 25.3 Å². The van der Waals surface area contributed by atoms with Crippen LogP contribution in [0, 0.1) is 0 Å². The Labute approximate surface area is 173 Å². The molecule has 0 spiro atoms. The Morgan fingerprint density at radius 2 is 1.86 bits per heavy atom. The summed E-state index contributed by atoms with van der Waals surface area (Å²) in [5, 5.41) is 5.20. The number of nitrogens with zero attached hydrogens (tertiary/aromatic N) is 6. The van der Waals surface area contributed by atoms with Crippen molar-refractivity contribution in [1.29, 1.82) is 0 Å². The van der Waals surface area contributed by atoms with E-state index in [1.165, 1.54) is 11.3 Å². The number of carbonyl (C=O) groups is 1. The Morgan fingerprint density at radius 3 is 2.59 bits per heavy atom. The highest BCUT2D eigenvalue weighted by atomic mass is 32.1. The van der Waals surface area contributed by atoms with Gasteiger partial charge >= 0.3 is 0 Å². The van der Waals surface area contributed by atoms with Crippen LogP contribution in [0.15, 0.2) is 35.7 Å². The van der Waals surface area contributed by atoms with Gasteiger partial charge in [-0.1, -0.05) is 30.3 Å². The van der Waals surface area contributed by atoms with E-state index in [2.05, 4.69) is 30.2 Å². The van der Waals surface area contributed by atoms with Gasteiger partial charge in [-0.15, -0.1) is 11.3 Å². The highest BCUT2D eigenvalue weighted by Gasteiger charge is 2.19. The molecule has 1 aliphatic heterocycles. The summed E-state index contributed by atoms with van der Waals surface area (Å²) in [5.74, 6) is 1.57. The Hall–Kier alpha value is -3.07. The minimum Gasteiger partial charge on any atom is -0.347 e.